The number of hydrogen-bond acceptors (Lipinski definition) is 2. The summed E-state index contributed by atoms with van der Waals surface area (Å²) < 4.78 is 5.49. The van der Waals surface area contributed by atoms with E-state index in [2.05, 4.69) is 5.32 Å². The SMILES string of the molecule is CCOc1cc(C)c(NC(=O)CC)cc1C. The molecule has 0 unspecified atom stereocenters. The van der Waals surface area contributed by atoms with E-state index in [1.807, 2.05) is 39.8 Å². The molecule has 0 radical (unpaired) electrons. The molecule has 0 fully saturated rings. The zero-order valence-electron chi connectivity index (χ0n) is 10.4. The Labute approximate surface area is 96.8 Å². The highest BCUT2D eigenvalue weighted by Crippen LogP contribution is 2.26. The Balaban J connectivity index is 2.96. The van der Waals surface area contributed by atoms with Crippen LogP contribution in [-0.2, 0) is 4.79 Å². The first-order valence-corrected chi connectivity index (χ1v) is 5.62. The molecule has 1 aromatic rings. The molecule has 0 spiro atoms. The maximum atomic E-state index is 11.3. The van der Waals surface area contributed by atoms with Gasteiger partial charge in [-0.3, -0.25) is 4.79 Å². The molecule has 88 valence electrons. The maximum absolute atomic E-state index is 11.3. The van der Waals surface area contributed by atoms with Crippen LogP contribution in [0.3, 0.4) is 0 Å². The van der Waals surface area contributed by atoms with E-state index >= 15 is 0 Å². The average molecular weight is 221 g/mol. The summed E-state index contributed by atoms with van der Waals surface area (Å²) in [5.41, 5.74) is 2.93. The van der Waals surface area contributed by atoms with E-state index < -0.39 is 0 Å². The summed E-state index contributed by atoms with van der Waals surface area (Å²) >= 11 is 0. The lowest BCUT2D eigenvalue weighted by Crippen LogP contribution is -2.11. The fraction of sp³-hybridized carbons (Fsp3) is 0.462. The second-order valence-corrected chi connectivity index (χ2v) is 3.77. The van der Waals surface area contributed by atoms with Crippen LogP contribution in [0.4, 0.5) is 5.69 Å². The summed E-state index contributed by atoms with van der Waals surface area (Å²) in [5.74, 6) is 0.918. The lowest BCUT2D eigenvalue weighted by Gasteiger charge is -2.13. The minimum atomic E-state index is 0.0339. The molecule has 1 aromatic carbocycles. The van der Waals surface area contributed by atoms with Crippen LogP contribution < -0.4 is 10.1 Å². The molecule has 16 heavy (non-hydrogen) atoms. The predicted octanol–water partition coefficient (Wildman–Crippen LogP) is 3.05. The topological polar surface area (TPSA) is 38.3 Å². The van der Waals surface area contributed by atoms with Gasteiger partial charge >= 0.3 is 0 Å². The Morgan fingerprint density at radius 2 is 1.94 bits per heavy atom. The molecule has 0 aromatic heterocycles. The first-order valence-electron chi connectivity index (χ1n) is 5.62. The number of hydrogen-bond donors (Lipinski definition) is 1. The molecule has 0 saturated carbocycles. The zero-order valence-corrected chi connectivity index (χ0v) is 10.4. The Morgan fingerprint density at radius 1 is 1.25 bits per heavy atom. The average Bonchev–Trinajstić information content (AvgIpc) is 2.25. The van der Waals surface area contributed by atoms with Crippen LogP contribution in [0.5, 0.6) is 5.75 Å². The molecule has 0 saturated heterocycles. The predicted molar refractivity (Wildman–Crippen MR) is 66.0 cm³/mol. The number of carbonyl (C=O) groups excluding carboxylic acids is 1. The van der Waals surface area contributed by atoms with Gasteiger partial charge < -0.3 is 10.1 Å². The summed E-state index contributed by atoms with van der Waals surface area (Å²) in [6.07, 6.45) is 0.492. The number of amides is 1. The largest absolute Gasteiger partial charge is 0.494 e. The molecule has 0 aliphatic carbocycles. The highest BCUT2D eigenvalue weighted by Gasteiger charge is 2.07. The quantitative estimate of drug-likeness (QED) is 0.848. The van der Waals surface area contributed by atoms with E-state index in [0.717, 1.165) is 22.6 Å². The lowest BCUT2D eigenvalue weighted by molar-refractivity contribution is -0.115. The second kappa shape index (κ2) is 5.54. The van der Waals surface area contributed by atoms with Gasteiger partial charge in [0, 0.05) is 12.1 Å². The molecular weight excluding hydrogens is 202 g/mol. The monoisotopic (exact) mass is 221 g/mol. The summed E-state index contributed by atoms with van der Waals surface area (Å²) in [5, 5.41) is 2.88. The number of nitrogens with one attached hydrogen (secondary N) is 1. The van der Waals surface area contributed by atoms with Crippen molar-refractivity contribution in [2.75, 3.05) is 11.9 Å². The normalized spacial score (nSPS) is 10.0. The first-order chi connectivity index (χ1) is 7.58. The smallest absolute Gasteiger partial charge is 0.224 e. The van der Waals surface area contributed by atoms with Crippen molar-refractivity contribution in [2.24, 2.45) is 0 Å². The number of carbonyl (C=O) groups is 1. The Kier molecular flexibility index (Phi) is 4.35. The van der Waals surface area contributed by atoms with Crippen LogP contribution in [0, 0.1) is 13.8 Å². The van der Waals surface area contributed by atoms with E-state index in [1.54, 1.807) is 0 Å². The summed E-state index contributed by atoms with van der Waals surface area (Å²) in [6.45, 7) is 8.40. The van der Waals surface area contributed by atoms with Crippen LogP contribution in [0.25, 0.3) is 0 Å². The Morgan fingerprint density at radius 3 is 2.50 bits per heavy atom. The van der Waals surface area contributed by atoms with E-state index in [1.165, 1.54) is 0 Å². The highest BCUT2D eigenvalue weighted by molar-refractivity contribution is 5.91. The third kappa shape index (κ3) is 2.99. The van der Waals surface area contributed by atoms with E-state index in [4.69, 9.17) is 4.74 Å². The summed E-state index contributed by atoms with van der Waals surface area (Å²) in [4.78, 5) is 11.3. The van der Waals surface area contributed by atoms with Crippen LogP contribution in [0.2, 0.25) is 0 Å². The van der Waals surface area contributed by atoms with Gasteiger partial charge in [0.1, 0.15) is 5.75 Å². The number of rotatable bonds is 4. The van der Waals surface area contributed by atoms with Gasteiger partial charge in [0.2, 0.25) is 5.91 Å². The van der Waals surface area contributed by atoms with Crippen molar-refractivity contribution in [2.45, 2.75) is 34.1 Å². The number of anilines is 1. The van der Waals surface area contributed by atoms with Crippen LogP contribution >= 0.6 is 0 Å². The fourth-order valence-electron chi connectivity index (χ4n) is 1.47. The van der Waals surface area contributed by atoms with Crippen molar-refractivity contribution >= 4 is 11.6 Å². The van der Waals surface area contributed by atoms with Crippen molar-refractivity contribution in [3.8, 4) is 5.75 Å². The standard InChI is InChI=1S/C13H19NO2/c1-5-13(15)14-11-7-10(4)12(16-6-2)8-9(11)3/h7-8H,5-6H2,1-4H3,(H,14,15). The van der Waals surface area contributed by atoms with Gasteiger partial charge in [0.25, 0.3) is 0 Å². The molecule has 3 heteroatoms. The van der Waals surface area contributed by atoms with Crippen LogP contribution in [0.1, 0.15) is 31.4 Å². The first kappa shape index (κ1) is 12.6. The molecule has 0 heterocycles. The Hall–Kier alpha value is -1.51. The zero-order chi connectivity index (χ0) is 12.1. The molecule has 0 aliphatic rings. The number of aryl methyl sites for hydroxylation is 2. The van der Waals surface area contributed by atoms with Crippen molar-refractivity contribution in [1.29, 1.82) is 0 Å². The third-order valence-corrected chi connectivity index (χ3v) is 2.42. The van der Waals surface area contributed by atoms with E-state index in [0.29, 0.717) is 13.0 Å². The van der Waals surface area contributed by atoms with Gasteiger partial charge in [-0.05, 0) is 44.0 Å². The fourth-order valence-corrected chi connectivity index (χ4v) is 1.47. The second-order valence-electron chi connectivity index (χ2n) is 3.77. The van der Waals surface area contributed by atoms with Gasteiger partial charge in [-0.1, -0.05) is 6.92 Å². The van der Waals surface area contributed by atoms with Gasteiger partial charge in [-0.2, -0.15) is 0 Å². The molecule has 0 aliphatic heterocycles. The molecule has 0 bridgehead atoms. The van der Waals surface area contributed by atoms with Crippen molar-refractivity contribution in [3.05, 3.63) is 23.3 Å². The minimum absolute atomic E-state index is 0.0339. The van der Waals surface area contributed by atoms with Crippen molar-refractivity contribution < 1.29 is 9.53 Å². The van der Waals surface area contributed by atoms with Gasteiger partial charge in [-0.15, -0.1) is 0 Å². The molecule has 1 N–H and O–H groups in total. The van der Waals surface area contributed by atoms with Crippen LogP contribution in [-0.4, -0.2) is 12.5 Å². The Bertz CT molecular complexity index is 386. The van der Waals surface area contributed by atoms with Crippen LogP contribution in [0.15, 0.2) is 12.1 Å². The summed E-state index contributed by atoms with van der Waals surface area (Å²) in [7, 11) is 0. The molecule has 3 nitrogen and oxygen atoms in total. The molecular formula is C13H19NO2. The van der Waals surface area contributed by atoms with Crippen molar-refractivity contribution in [1.82, 2.24) is 0 Å². The number of benzene rings is 1. The minimum Gasteiger partial charge on any atom is -0.494 e. The summed E-state index contributed by atoms with van der Waals surface area (Å²) in [6, 6.07) is 3.91. The molecule has 1 amide bonds. The molecule has 0 atom stereocenters. The van der Waals surface area contributed by atoms with Gasteiger partial charge in [-0.25, -0.2) is 0 Å². The van der Waals surface area contributed by atoms with Gasteiger partial charge in [0.15, 0.2) is 0 Å². The van der Waals surface area contributed by atoms with E-state index in [-0.39, 0.29) is 5.91 Å². The highest BCUT2D eigenvalue weighted by atomic mass is 16.5. The van der Waals surface area contributed by atoms with Crippen molar-refractivity contribution in [3.63, 3.8) is 0 Å². The molecule has 1 rings (SSSR count). The lowest BCUT2D eigenvalue weighted by atomic mass is 10.1. The maximum Gasteiger partial charge on any atom is 0.224 e. The number of ether oxygens (including phenoxy) is 1. The third-order valence-electron chi connectivity index (χ3n) is 2.42. The van der Waals surface area contributed by atoms with E-state index in [9.17, 15) is 4.79 Å². The van der Waals surface area contributed by atoms with Gasteiger partial charge in [0.05, 0.1) is 6.61 Å².